The average molecular weight is 242 g/mol. The first-order chi connectivity index (χ1) is 7.68. The van der Waals surface area contributed by atoms with Crippen molar-refractivity contribution in [3.8, 4) is 0 Å². The largest absolute Gasteiger partial charge is 0.382 e. The number of nitrogens with one attached hydrogen (secondary N) is 1. The molecule has 1 fully saturated rings. The number of aromatic nitrogens is 2. The van der Waals surface area contributed by atoms with Crippen LogP contribution in [0.5, 0.6) is 0 Å². The summed E-state index contributed by atoms with van der Waals surface area (Å²) >= 11 is 6.02. The van der Waals surface area contributed by atoms with Gasteiger partial charge in [-0.25, -0.2) is 9.97 Å². The normalized spacial score (nSPS) is 16.8. The number of nitrogens with two attached hydrogens (primary N) is 1. The second-order valence-electron chi connectivity index (χ2n) is 3.48. The van der Waals surface area contributed by atoms with Crippen molar-refractivity contribution in [2.45, 2.75) is 6.42 Å². The summed E-state index contributed by atoms with van der Waals surface area (Å²) in [6.45, 7) is 1.84. The van der Waals surface area contributed by atoms with Gasteiger partial charge in [0.05, 0.1) is 0 Å². The molecule has 1 aromatic heterocycles. The highest BCUT2D eigenvalue weighted by Crippen LogP contribution is 2.26. The lowest BCUT2D eigenvalue weighted by atomic mass is 10.3. The number of amides is 1. The molecule has 7 heteroatoms. The highest BCUT2D eigenvalue weighted by molar-refractivity contribution is 6.35. The third-order valence-corrected chi connectivity index (χ3v) is 2.77. The van der Waals surface area contributed by atoms with Crippen molar-refractivity contribution in [1.29, 1.82) is 0 Å². The van der Waals surface area contributed by atoms with Gasteiger partial charge in [-0.05, 0) is 0 Å². The highest BCUT2D eigenvalue weighted by Gasteiger charge is 2.18. The average Bonchev–Trinajstić information content (AvgIpc) is 2.47. The monoisotopic (exact) mass is 241 g/mol. The fourth-order valence-electron chi connectivity index (χ4n) is 1.57. The Morgan fingerprint density at radius 3 is 3.06 bits per heavy atom. The highest BCUT2D eigenvalue weighted by atomic mass is 35.5. The number of nitrogens with zero attached hydrogens (tertiary/aromatic N) is 3. The zero-order chi connectivity index (χ0) is 11.5. The number of carbonyl (C=O) groups is 1. The van der Waals surface area contributed by atoms with E-state index in [0.717, 1.165) is 0 Å². The third-order valence-electron chi connectivity index (χ3n) is 2.41. The predicted molar refractivity (Wildman–Crippen MR) is 61.3 cm³/mol. The van der Waals surface area contributed by atoms with Gasteiger partial charge in [0.15, 0.2) is 5.82 Å². The van der Waals surface area contributed by atoms with Crippen LogP contribution in [-0.4, -0.2) is 35.5 Å². The van der Waals surface area contributed by atoms with Crippen molar-refractivity contribution in [2.24, 2.45) is 0 Å². The van der Waals surface area contributed by atoms with Gasteiger partial charge in [-0.15, -0.1) is 0 Å². The minimum atomic E-state index is 0.0423. The van der Waals surface area contributed by atoms with Crippen LogP contribution in [0.3, 0.4) is 0 Å². The van der Waals surface area contributed by atoms with Gasteiger partial charge < -0.3 is 16.0 Å². The standard InChI is InChI=1S/C9H12ClN5O/c10-7-8(11)13-5-14-9(7)15-3-1-6(16)12-2-4-15/h5H,1-4H2,(H,12,16)(H2,11,13,14). The summed E-state index contributed by atoms with van der Waals surface area (Å²) in [6.07, 6.45) is 1.80. The third kappa shape index (κ3) is 2.16. The van der Waals surface area contributed by atoms with Gasteiger partial charge in [0, 0.05) is 26.1 Å². The Bertz CT molecular complexity index is 411. The molecule has 0 atom stereocenters. The lowest BCUT2D eigenvalue weighted by Crippen LogP contribution is -2.29. The number of rotatable bonds is 1. The Morgan fingerprint density at radius 2 is 2.25 bits per heavy atom. The summed E-state index contributed by atoms with van der Waals surface area (Å²) in [5.74, 6) is 0.890. The van der Waals surface area contributed by atoms with Gasteiger partial charge in [-0.1, -0.05) is 11.6 Å². The summed E-state index contributed by atoms with van der Waals surface area (Å²) in [5.41, 5.74) is 5.60. The van der Waals surface area contributed by atoms with Gasteiger partial charge in [-0.2, -0.15) is 0 Å². The number of halogens is 1. The van der Waals surface area contributed by atoms with Crippen molar-refractivity contribution < 1.29 is 4.79 Å². The first kappa shape index (κ1) is 10.9. The molecule has 0 aromatic carbocycles. The molecule has 86 valence electrons. The predicted octanol–water partition coefficient (Wildman–Crippen LogP) is 0.0385. The Morgan fingerprint density at radius 1 is 1.44 bits per heavy atom. The molecule has 6 nitrogen and oxygen atoms in total. The molecule has 0 radical (unpaired) electrons. The van der Waals surface area contributed by atoms with Crippen LogP contribution in [0.2, 0.25) is 5.02 Å². The molecular weight excluding hydrogens is 230 g/mol. The molecular formula is C9H12ClN5O. The van der Waals surface area contributed by atoms with Crippen LogP contribution < -0.4 is 16.0 Å². The molecule has 1 aliphatic rings. The number of hydrogen-bond acceptors (Lipinski definition) is 5. The summed E-state index contributed by atoms with van der Waals surface area (Å²) in [4.78, 5) is 21.0. The smallest absolute Gasteiger partial charge is 0.221 e. The first-order valence-electron chi connectivity index (χ1n) is 4.96. The van der Waals surface area contributed by atoms with Crippen molar-refractivity contribution in [2.75, 3.05) is 30.3 Å². The van der Waals surface area contributed by atoms with Crippen LogP contribution in [-0.2, 0) is 4.79 Å². The molecule has 1 aliphatic heterocycles. The van der Waals surface area contributed by atoms with E-state index in [1.54, 1.807) is 0 Å². The second kappa shape index (κ2) is 4.52. The Kier molecular flexibility index (Phi) is 3.09. The number of hydrogen-bond donors (Lipinski definition) is 2. The number of anilines is 2. The SMILES string of the molecule is Nc1ncnc(N2CCNC(=O)CC2)c1Cl. The lowest BCUT2D eigenvalue weighted by molar-refractivity contribution is -0.120. The summed E-state index contributed by atoms with van der Waals surface area (Å²) in [7, 11) is 0. The van der Waals surface area contributed by atoms with Gasteiger partial charge in [0.25, 0.3) is 0 Å². The van der Waals surface area contributed by atoms with Gasteiger partial charge in [0.2, 0.25) is 5.91 Å². The molecule has 1 aromatic rings. The Labute approximate surface area is 97.8 Å². The van der Waals surface area contributed by atoms with Crippen LogP contribution in [0.1, 0.15) is 6.42 Å². The molecule has 0 saturated carbocycles. The second-order valence-corrected chi connectivity index (χ2v) is 3.86. The van der Waals surface area contributed by atoms with E-state index in [1.807, 2.05) is 4.90 Å². The molecule has 1 amide bonds. The van der Waals surface area contributed by atoms with Crippen LogP contribution >= 0.6 is 11.6 Å². The molecule has 0 unspecified atom stereocenters. The van der Waals surface area contributed by atoms with Gasteiger partial charge >= 0.3 is 0 Å². The molecule has 2 rings (SSSR count). The van der Waals surface area contributed by atoms with E-state index in [4.69, 9.17) is 17.3 Å². The maximum atomic E-state index is 11.2. The minimum absolute atomic E-state index is 0.0423. The van der Waals surface area contributed by atoms with E-state index in [9.17, 15) is 4.79 Å². The van der Waals surface area contributed by atoms with Crippen LogP contribution in [0, 0.1) is 0 Å². The Hall–Kier alpha value is -1.56. The molecule has 16 heavy (non-hydrogen) atoms. The van der Waals surface area contributed by atoms with Crippen LogP contribution in [0.15, 0.2) is 6.33 Å². The number of carbonyl (C=O) groups excluding carboxylic acids is 1. The van der Waals surface area contributed by atoms with Crippen molar-refractivity contribution in [1.82, 2.24) is 15.3 Å². The maximum absolute atomic E-state index is 11.2. The van der Waals surface area contributed by atoms with E-state index in [-0.39, 0.29) is 11.7 Å². The van der Waals surface area contributed by atoms with E-state index >= 15 is 0 Å². The molecule has 3 N–H and O–H groups in total. The van der Waals surface area contributed by atoms with Gasteiger partial charge in [-0.3, -0.25) is 4.79 Å². The fraction of sp³-hybridized carbons (Fsp3) is 0.444. The van der Waals surface area contributed by atoms with E-state index in [2.05, 4.69) is 15.3 Å². The topological polar surface area (TPSA) is 84.1 Å². The van der Waals surface area contributed by atoms with E-state index in [1.165, 1.54) is 6.33 Å². The van der Waals surface area contributed by atoms with E-state index in [0.29, 0.717) is 36.9 Å². The fourth-order valence-corrected chi connectivity index (χ4v) is 1.79. The zero-order valence-electron chi connectivity index (χ0n) is 8.61. The van der Waals surface area contributed by atoms with Crippen LogP contribution in [0.25, 0.3) is 0 Å². The summed E-state index contributed by atoms with van der Waals surface area (Å²) < 4.78 is 0. The quantitative estimate of drug-likeness (QED) is 0.725. The van der Waals surface area contributed by atoms with E-state index < -0.39 is 0 Å². The molecule has 2 heterocycles. The Balaban J connectivity index is 2.23. The minimum Gasteiger partial charge on any atom is -0.382 e. The molecule has 0 spiro atoms. The zero-order valence-corrected chi connectivity index (χ0v) is 9.37. The van der Waals surface area contributed by atoms with Crippen molar-refractivity contribution >= 4 is 29.1 Å². The van der Waals surface area contributed by atoms with Crippen molar-refractivity contribution in [3.05, 3.63) is 11.3 Å². The van der Waals surface area contributed by atoms with Crippen molar-refractivity contribution in [3.63, 3.8) is 0 Å². The molecule has 0 aliphatic carbocycles. The number of nitrogen functional groups attached to an aromatic ring is 1. The molecule has 1 saturated heterocycles. The van der Waals surface area contributed by atoms with Gasteiger partial charge in [0.1, 0.15) is 17.2 Å². The maximum Gasteiger partial charge on any atom is 0.221 e. The summed E-state index contributed by atoms with van der Waals surface area (Å²) in [6, 6.07) is 0. The van der Waals surface area contributed by atoms with Crippen LogP contribution in [0.4, 0.5) is 11.6 Å². The molecule has 0 bridgehead atoms. The first-order valence-corrected chi connectivity index (χ1v) is 5.34. The summed E-state index contributed by atoms with van der Waals surface area (Å²) in [5, 5.41) is 3.12. The lowest BCUT2D eigenvalue weighted by Gasteiger charge is -2.21.